The maximum atomic E-state index is 2.53. The van der Waals surface area contributed by atoms with Crippen LogP contribution in [0.2, 0.25) is 0 Å². The molecule has 184 valence electrons. The second-order valence-corrected chi connectivity index (χ2v) is 11.7. The summed E-state index contributed by atoms with van der Waals surface area (Å²) in [6.07, 6.45) is 5.01. The molecule has 1 fully saturated rings. The van der Waals surface area contributed by atoms with E-state index in [1.165, 1.54) is 70.6 Å². The average Bonchev–Trinajstić information content (AvgIpc) is 2.99. The molecule has 1 saturated carbocycles. The summed E-state index contributed by atoms with van der Waals surface area (Å²) in [4.78, 5) is 2.53. The van der Waals surface area contributed by atoms with Crippen LogP contribution in [0.25, 0.3) is 22.3 Å². The fraction of sp³-hybridized carbons (Fsp3) is 0.189. The van der Waals surface area contributed by atoms with Crippen LogP contribution >= 0.6 is 0 Å². The zero-order chi connectivity index (χ0) is 25.3. The van der Waals surface area contributed by atoms with Crippen molar-refractivity contribution in [2.75, 3.05) is 4.90 Å². The molecule has 1 nitrogen and oxygen atoms in total. The summed E-state index contributed by atoms with van der Waals surface area (Å²) in [5.41, 5.74) is 14.1. The van der Waals surface area contributed by atoms with E-state index in [1.807, 2.05) is 0 Å². The van der Waals surface area contributed by atoms with Gasteiger partial charge in [-0.1, -0.05) is 97.9 Å². The lowest BCUT2D eigenvalue weighted by molar-refractivity contribution is 0.203. The maximum Gasteiger partial charge on any atom is 0.0505 e. The van der Waals surface area contributed by atoms with E-state index >= 15 is 0 Å². The highest BCUT2D eigenvalue weighted by Crippen LogP contribution is 2.66. The van der Waals surface area contributed by atoms with E-state index in [-0.39, 0.29) is 10.8 Å². The molecule has 9 rings (SSSR count). The van der Waals surface area contributed by atoms with Gasteiger partial charge >= 0.3 is 0 Å². The number of nitrogens with zero attached hydrogens (tertiary/aromatic N) is 1. The van der Waals surface area contributed by atoms with Gasteiger partial charge in [0.1, 0.15) is 0 Å². The molecule has 1 heteroatoms. The summed E-state index contributed by atoms with van der Waals surface area (Å²) < 4.78 is 0. The Balaban J connectivity index is 1.36. The normalized spacial score (nSPS) is 22.6. The van der Waals surface area contributed by atoms with Gasteiger partial charge in [-0.3, -0.25) is 0 Å². The van der Waals surface area contributed by atoms with E-state index in [0.29, 0.717) is 0 Å². The quantitative estimate of drug-likeness (QED) is 0.244. The first kappa shape index (κ1) is 21.9. The molecule has 5 aromatic carbocycles. The van der Waals surface area contributed by atoms with Gasteiger partial charge in [-0.2, -0.15) is 0 Å². The monoisotopic (exact) mass is 489 g/mol. The average molecular weight is 490 g/mol. The van der Waals surface area contributed by atoms with E-state index in [2.05, 4.69) is 133 Å². The van der Waals surface area contributed by atoms with Crippen molar-refractivity contribution < 1.29 is 0 Å². The van der Waals surface area contributed by atoms with Crippen LogP contribution in [0.3, 0.4) is 0 Å². The molecular weight excluding hydrogens is 458 g/mol. The summed E-state index contributed by atoms with van der Waals surface area (Å²) in [5, 5.41) is 0. The SMILES string of the molecule is CC12CCC3(CC1)c1cc(-c4ccccc4)ccc1N(c1ccc(-c4ccccc4)cc1)c1cccc2c13. The Bertz CT molecular complexity index is 1660. The van der Waals surface area contributed by atoms with Gasteiger partial charge in [0.25, 0.3) is 0 Å². The molecule has 3 aliphatic carbocycles. The highest BCUT2D eigenvalue weighted by Gasteiger charge is 2.55. The van der Waals surface area contributed by atoms with Crippen molar-refractivity contribution in [2.45, 2.75) is 43.4 Å². The van der Waals surface area contributed by atoms with Gasteiger partial charge in [-0.15, -0.1) is 0 Å². The van der Waals surface area contributed by atoms with Gasteiger partial charge in [0, 0.05) is 11.1 Å². The number of hydrogen-bond acceptors (Lipinski definition) is 1. The van der Waals surface area contributed by atoms with Crippen LogP contribution in [0.15, 0.2) is 121 Å². The van der Waals surface area contributed by atoms with Crippen LogP contribution in [-0.4, -0.2) is 0 Å². The number of hydrogen-bond donors (Lipinski definition) is 0. The smallest absolute Gasteiger partial charge is 0.0505 e. The van der Waals surface area contributed by atoms with Crippen molar-refractivity contribution in [3.05, 3.63) is 138 Å². The lowest BCUT2D eigenvalue weighted by Crippen LogP contribution is -2.49. The van der Waals surface area contributed by atoms with Gasteiger partial charge in [0.05, 0.1) is 11.4 Å². The first-order chi connectivity index (χ1) is 18.7. The van der Waals surface area contributed by atoms with Crippen LogP contribution in [0.4, 0.5) is 17.1 Å². The van der Waals surface area contributed by atoms with Crippen LogP contribution in [0.5, 0.6) is 0 Å². The zero-order valence-corrected chi connectivity index (χ0v) is 21.8. The second-order valence-electron chi connectivity index (χ2n) is 11.7. The predicted molar refractivity (Wildman–Crippen MR) is 159 cm³/mol. The van der Waals surface area contributed by atoms with Crippen molar-refractivity contribution >= 4 is 17.1 Å². The minimum Gasteiger partial charge on any atom is -0.310 e. The summed E-state index contributed by atoms with van der Waals surface area (Å²) >= 11 is 0. The predicted octanol–water partition coefficient (Wildman–Crippen LogP) is 9.94. The molecule has 5 aromatic rings. The Morgan fingerprint density at radius 3 is 1.79 bits per heavy atom. The molecule has 0 unspecified atom stereocenters. The topological polar surface area (TPSA) is 3.24 Å². The molecule has 0 N–H and O–H groups in total. The molecule has 1 aliphatic heterocycles. The van der Waals surface area contributed by atoms with Gasteiger partial charge in [0.15, 0.2) is 0 Å². The van der Waals surface area contributed by atoms with Gasteiger partial charge in [-0.05, 0) is 100 Å². The van der Waals surface area contributed by atoms with Crippen LogP contribution in [-0.2, 0) is 10.8 Å². The molecule has 2 bridgehead atoms. The maximum absolute atomic E-state index is 2.53. The Labute approximate surface area is 225 Å². The van der Waals surface area contributed by atoms with Crippen molar-refractivity contribution in [1.82, 2.24) is 0 Å². The second kappa shape index (κ2) is 7.95. The molecule has 0 radical (unpaired) electrons. The Morgan fingerprint density at radius 1 is 0.500 bits per heavy atom. The third-order valence-electron chi connectivity index (χ3n) is 9.71. The van der Waals surface area contributed by atoms with E-state index in [9.17, 15) is 0 Å². The van der Waals surface area contributed by atoms with E-state index in [4.69, 9.17) is 0 Å². The number of benzene rings is 5. The third-order valence-corrected chi connectivity index (χ3v) is 9.71. The zero-order valence-electron chi connectivity index (χ0n) is 21.8. The molecule has 4 aliphatic rings. The lowest BCUT2D eigenvalue weighted by Gasteiger charge is -2.58. The minimum atomic E-state index is 0.101. The van der Waals surface area contributed by atoms with Crippen LogP contribution in [0, 0.1) is 0 Å². The summed E-state index contributed by atoms with van der Waals surface area (Å²) in [5.74, 6) is 0. The Kier molecular flexibility index (Phi) is 4.59. The van der Waals surface area contributed by atoms with Gasteiger partial charge in [0.2, 0.25) is 0 Å². The van der Waals surface area contributed by atoms with Gasteiger partial charge < -0.3 is 4.90 Å². The number of anilines is 3. The molecule has 1 spiro atoms. The minimum absolute atomic E-state index is 0.101. The van der Waals surface area contributed by atoms with Gasteiger partial charge in [-0.25, -0.2) is 0 Å². The largest absolute Gasteiger partial charge is 0.310 e. The van der Waals surface area contributed by atoms with Crippen molar-refractivity contribution in [3.8, 4) is 22.3 Å². The van der Waals surface area contributed by atoms with Crippen LogP contribution < -0.4 is 4.90 Å². The first-order valence-corrected chi connectivity index (χ1v) is 14.0. The molecule has 0 saturated heterocycles. The summed E-state index contributed by atoms with van der Waals surface area (Å²) in [6.45, 7) is 2.50. The highest BCUT2D eigenvalue weighted by molar-refractivity contribution is 5.90. The lowest BCUT2D eigenvalue weighted by atomic mass is 9.48. The fourth-order valence-electron chi connectivity index (χ4n) is 7.65. The summed E-state index contributed by atoms with van der Waals surface area (Å²) in [7, 11) is 0. The fourth-order valence-corrected chi connectivity index (χ4v) is 7.65. The molecule has 1 heterocycles. The third kappa shape index (κ3) is 2.99. The first-order valence-electron chi connectivity index (χ1n) is 14.0. The molecule has 0 aromatic heterocycles. The number of fused-ring (bicyclic) bond motifs is 3. The number of rotatable bonds is 3. The van der Waals surface area contributed by atoms with Crippen molar-refractivity contribution in [3.63, 3.8) is 0 Å². The van der Waals surface area contributed by atoms with Crippen molar-refractivity contribution in [1.29, 1.82) is 0 Å². The van der Waals surface area contributed by atoms with E-state index < -0.39 is 0 Å². The summed E-state index contributed by atoms with van der Waals surface area (Å²) in [6, 6.07) is 45.0. The standard InChI is InChI=1S/C37H31N/c1-36-21-23-37(24-22-36)32-25-29(27-11-6-3-7-12-27)17-20-33(32)38(34-14-8-13-31(36)35(34)37)30-18-15-28(16-19-30)26-9-4-2-5-10-26/h2-20,25H,21-24H2,1H3. The van der Waals surface area contributed by atoms with Crippen LogP contribution in [0.1, 0.15) is 49.3 Å². The molecule has 0 atom stereocenters. The highest BCUT2D eigenvalue weighted by atomic mass is 15.2. The van der Waals surface area contributed by atoms with Crippen molar-refractivity contribution in [2.24, 2.45) is 0 Å². The molecule has 38 heavy (non-hydrogen) atoms. The molecule has 0 amide bonds. The van der Waals surface area contributed by atoms with E-state index in [0.717, 1.165) is 0 Å². The van der Waals surface area contributed by atoms with E-state index in [1.54, 1.807) is 11.1 Å². The Morgan fingerprint density at radius 2 is 1.11 bits per heavy atom. The molecular formula is C37H31N. The Hall–Kier alpha value is -4.10.